The lowest BCUT2D eigenvalue weighted by Gasteiger charge is -2.11. The Bertz CT molecular complexity index is 1850. The van der Waals surface area contributed by atoms with E-state index in [9.17, 15) is 9.18 Å². The Balaban J connectivity index is 1.25. The topological polar surface area (TPSA) is 99.4 Å². The number of fused-ring (bicyclic) bond motifs is 2. The molecule has 4 heterocycles. The highest BCUT2D eigenvalue weighted by Crippen LogP contribution is 2.35. The number of aromatic amines is 2. The first-order valence-corrected chi connectivity index (χ1v) is 13.1. The molecule has 1 fully saturated rings. The second-order valence-electron chi connectivity index (χ2n) is 10.1. The Hall–Kier alpha value is -4.85. The average molecular weight is 517 g/mol. The van der Waals surface area contributed by atoms with E-state index in [-0.39, 0.29) is 17.6 Å². The van der Waals surface area contributed by atoms with Crippen LogP contribution in [-0.2, 0) is 4.79 Å². The maximum absolute atomic E-state index is 13.9. The number of H-pyrrole nitrogens is 2. The average Bonchev–Trinajstić information content (AvgIpc) is 3.72. The van der Waals surface area contributed by atoms with Crippen LogP contribution in [0.15, 0.2) is 79.3 Å². The number of halogens is 1. The van der Waals surface area contributed by atoms with E-state index < -0.39 is 0 Å². The third-order valence-electron chi connectivity index (χ3n) is 7.53. The number of nitrogens with one attached hydrogen (secondary N) is 3. The van der Waals surface area contributed by atoms with Gasteiger partial charge in [-0.05, 0) is 60.4 Å². The molecule has 6 aromatic rings. The van der Waals surface area contributed by atoms with Crippen LogP contribution < -0.4 is 5.32 Å². The van der Waals surface area contributed by atoms with Gasteiger partial charge >= 0.3 is 0 Å². The summed E-state index contributed by atoms with van der Waals surface area (Å²) in [5.41, 5.74) is 7.30. The third-order valence-corrected chi connectivity index (χ3v) is 7.53. The van der Waals surface area contributed by atoms with Crippen LogP contribution in [0.2, 0.25) is 0 Å². The van der Waals surface area contributed by atoms with Crippen LogP contribution in [0, 0.1) is 11.7 Å². The molecule has 1 saturated carbocycles. The Morgan fingerprint density at radius 3 is 2.64 bits per heavy atom. The molecule has 192 valence electrons. The van der Waals surface area contributed by atoms with E-state index in [0.717, 1.165) is 81.3 Å². The van der Waals surface area contributed by atoms with Crippen molar-refractivity contribution in [3.63, 3.8) is 0 Å². The molecule has 1 aliphatic rings. The molecule has 0 saturated heterocycles. The lowest BCUT2D eigenvalue weighted by molar-refractivity contribution is -0.119. The van der Waals surface area contributed by atoms with Crippen LogP contribution >= 0.6 is 0 Å². The summed E-state index contributed by atoms with van der Waals surface area (Å²) in [5.74, 6) is -0.131. The Morgan fingerprint density at radius 1 is 0.897 bits per heavy atom. The molecule has 7 nitrogen and oxygen atoms in total. The fourth-order valence-electron chi connectivity index (χ4n) is 5.55. The fourth-order valence-corrected chi connectivity index (χ4v) is 5.55. The summed E-state index contributed by atoms with van der Waals surface area (Å²) in [7, 11) is 0. The SMILES string of the molecule is O=C(Nc1cncc(-c2cc3c(-c4cc5c(-c6cccc(F)c6)cccc5[nH]4)n[nH]c3cn2)c1)C1CCCC1. The van der Waals surface area contributed by atoms with Gasteiger partial charge in [-0.1, -0.05) is 37.1 Å². The second kappa shape index (κ2) is 9.47. The van der Waals surface area contributed by atoms with Gasteiger partial charge in [0.1, 0.15) is 11.5 Å². The van der Waals surface area contributed by atoms with E-state index in [2.05, 4.69) is 30.5 Å². The van der Waals surface area contributed by atoms with Crippen molar-refractivity contribution in [1.29, 1.82) is 0 Å². The van der Waals surface area contributed by atoms with E-state index in [1.54, 1.807) is 30.7 Å². The monoisotopic (exact) mass is 516 g/mol. The van der Waals surface area contributed by atoms with E-state index in [1.165, 1.54) is 6.07 Å². The van der Waals surface area contributed by atoms with E-state index in [0.29, 0.717) is 5.69 Å². The van der Waals surface area contributed by atoms with Crippen molar-refractivity contribution in [3.05, 3.63) is 85.1 Å². The van der Waals surface area contributed by atoms with E-state index >= 15 is 0 Å². The Morgan fingerprint density at radius 2 is 1.77 bits per heavy atom. The molecule has 1 aliphatic carbocycles. The second-order valence-corrected chi connectivity index (χ2v) is 10.1. The van der Waals surface area contributed by atoms with Gasteiger partial charge in [-0.3, -0.25) is 19.9 Å². The minimum Gasteiger partial charge on any atom is -0.353 e. The molecule has 0 unspecified atom stereocenters. The molecule has 7 rings (SSSR count). The highest BCUT2D eigenvalue weighted by Gasteiger charge is 2.23. The zero-order valence-electron chi connectivity index (χ0n) is 21.0. The van der Waals surface area contributed by atoms with E-state index in [1.807, 2.05) is 42.5 Å². The number of hydrogen-bond donors (Lipinski definition) is 3. The smallest absolute Gasteiger partial charge is 0.227 e. The van der Waals surface area contributed by atoms with Crippen molar-refractivity contribution in [2.45, 2.75) is 25.7 Å². The molecule has 0 bridgehead atoms. The van der Waals surface area contributed by atoms with Crippen LogP contribution in [0.5, 0.6) is 0 Å². The molecule has 0 radical (unpaired) electrons. The maximum Gasteiger partial charge on any atom is 0.227 e. The minimum atomic E-state index is -0.268. The minimum absolute atomic E-state index is 0.0587. The van der Waals surface area contributed by atoms with Gasteiger partial charge in [0, 0.05) is 34.0 Å². The summed E-state index contributed by atoms with van der Waals surface area (Å²) in [6, 6.07) is 18.5. The van der Waals surface area contributed by atoms with E-state index in [4.69, 9.17) is 0 Å². The van der Waals surface area contributed by atoms with Crippen LogP contribution in [0.25, 0.3) is 55.6 Å². The fraction of sp³-hybridized carbons (Fsp3) is 0.161. The zero-order chi connectivity index (χ0) is 26.3. The molecule has 3 N–H and O–H groups in total. The Kier molecular flexibility index (Phi) is 5.65. The molecule has 1 amide bonds. The van der Waals surface area contributed by atoms with Gasteiger partial charge in [0.15, 0.2) is 0 Å². The van der Waals surface area contributed by atoms with Gasteiger partial charge in [0.2, 0.25) is 5.91 Å². The summed E-state index contributed by atoms with van der Waals surface area (Å²) in [6.45, 7) is 0. The lowest BCUT2D eigenvalue weighted by atomic mass is 10.0. The number of benzene rings is 2. The summed E-state index contributed by atoms with van der Waals surface area (Å²) in [6.07, 6.45) is 9.26. The van der Waals surface area contributed by atoms with Gasteiger partial charge in [-0.2, -0.15) is 5.10 Å². The molecule has 39 heavy (non-hydrogen) atoms. The van der Waals surface area contributed by atoms with Crippen molar-refractivity contribution >= 4 is 33.4 Å². The number of pyridine rings is 2. The number of anilines is 1. The maximum atomic E-state index is 13.9. The standard InChI is InChI=1S/C31H25FN6O/c32-21-8-3-7-19(11-21)23-9-4-10-26-24(23)13-28(36-26)30-25-14-27(34-17-29(25)37-38-30)20-12-22(16-33-15-20)35-31(39)18-5-1-2-6-18/h3-4,7-18,36H,1-2,5-6H2,(H,35,39)(H,37,38). The Labute approximate surface area is 223 Å². The highest BCUT2D eigenvalue weighted by atomic mass is 19.1. The predicted octanol–water partition coefficient (Wildman–Crippen LogP) is 7.10. The first kappa shape index (κ1) is 23.3. The first-order valence-electron chi connectivity index (χ1n) is 13.1. The van der Waals surface area contributed by atoms with Crippen molar-refractivity contribution in [3.8, 4) is 33.8 Å². The molecule has 0 spiro atoms. The number of carbonyl (C=O) groups is 1. The van der Waals surface area contributed by atoms with Crippen LogP contribution in [0.3, 0.4) is 0 Å². The van der Waals surface area contributed by atoms with Crippen LogP contribution in [0.4, 0.5) is 10.1 Å². The predicted molar refractivity (Wildman–Crippen MR) is 150 cm³/mol. The molecular formula is C31H25FN6O. The van der Waals surface area contributed by atoms with Crippen molar-refractivity contribution < 1.29 is 9.18 Å². The normalized spacial score (nSPS) is 13.9. The molecule has 8 heteroatoms. The van der Waals surface area contributed by atoms with Gasteiger partial charge < -0.3 is 10.3 Å². The highest BCUT2D eigenvalue weighted by molar-refractivity contribution is 6.01. The zero-order valence-corrected chi connectivity index (χ0v) is 21.0. The summed E-state index contributed by atoms with van der Waals surface area (Å²) in [5, 5.41) is 12.6. The van der Waals surface area contributed by atoms with Crippen molar-refractivity contribution in [1.82, 2.24) is 25.1 Å². The van der Waals surface area contributed by atoms with Gasteiger partial charge in [-0.15, -0.1) is 0 Å². The molecule has 0 aliphatic heterocycles. The summed E-state index contributed by atoms with van der Waals surface area (Å²) in [4.78, 5) is 25.1. The van der Waals surface area contributed by atoms with Gasteiger partial charge in [-0.25, -0.2) is 4.39 Å². The summed E-state index contributed by atoms with van der Waals surface area (Å²) < 4.78 is 13.9. The first-order chi connectivity index (χ1) is 19.1. The molecule has 4 aromatic heterocycles. The van der Waals surface area contributed by atoms with Crippen LogP contribution in [0.1, 0.15) is 25.7 Å². The number of aromatic nitrogens is 5. The lowest BCUT2D eigenvalue weighted by Crippen LogP contribution is -2.20. The van der Waals surface area contributed by atoms with Crippen molar-refractivity contribution in [2.24, 2.45) is 5.92 Å². The number of hydrogen-bond acceptors (Lipinski definition) is 4. The quantitative estimate of drug-likeness (QED) is 0.227. The molecular weight excluding hydrogens is 491 g/mol. The largest absolute Gasteiger partial charge is 0.353 e. The number of amides is 1. The molecule has 2 aromatic carbocycles. The van der Waals surface area contributed by atoms with Crippen molar-refractivity contribution in [2.75, 3.05) is 5.32 Å². The van der Waals surface area contributed by atoms with Crippen LogP contribution in [-0.4, -0.2) is 31.1 Å². The summed E-state index contributed by atoms with van der Waals surface area (Å²) >= 11 is 0. The van der Waals surface area contributed by atoms with Gasteiger partial charge in [0.25, 0.3) is 0 Å². The number of nitrogens with zero attached hydrogens (tertiary/aromatic N) is 3. The number of rotatable bonds is 5. The number of carbonyl (C=O) groups excluding carboxylic acids is 1. The third kappa shape index (κ3) is 4.33. The molecule has 0 atom stereocenters. The van der Waals surface area contributed by atoms with Gasteiger partial charge in [0.05, 0.1) is 35.0 Å².